The normalized spacial score (nSPS) is 14.3. The molecule has 0 saturated carbocycles. The minimum Gasteiger partial charge on any atom is -0.465 e. The summed E-state index contributed by atoms with van der Waals surface area (Å²) >= 11 is 0. The van der Waals surface area contributed by atoms with Gasteiger partial charge in [0.2, 0.25) is 0 Å². The molecule has 1 amide bonds. The molecule has 0 radical (unpaired) electrons. The van der Waals surface area contributed by atoms with E-state index in [9.17, 15) is 9.59 Å². The van der Waals surface area contributed by atoms with Crippen molar-refractivity contribution in [3.63, 3.8) is 0 Å². The van der Waals surface area contributed by atoms with Gasteiger partial charge in [0.25, 0.3) is 5.91 Å². The standard InChI is InChI=1S/C17H18N2O5/c1-22-17(21)13-11-12(19-6-9-23-10-7-19)4-5-14(13)18-16(20)15-3-2-8-24-15/h2-5,8,11H,6-7,9-10H2,1H3,(H,18,20). The zero-order valence-electron chi connectivity index (χ0n) is 13.3. The first-order valence-electron chi connectivity index (χ1n) is 7.59. The van der Waals surface area contributed by atoms with Crippen LogP contribution in [0.4, 0.5) is 11.4 Å². The Kier molecular flexibility index (Phi) is 4.81. The molecular weight excluding hydrogens is 312 g/mol. The van der Waals surface area contributed by atoms with Gasteiger partial charge in [-0.2, -0.15) is 0 Å². The Labute approximate surface area is 139 Å². The lowest BCUT2D eigenvalue weighted by Gasteiger charge is -2.29. The lowest BCUT2D eigenvalue weighted by molar-refractivity contribution is 0.0602. The Morgan fingerprint density at radius 2 is 2.00 bits per heavy atom. The first kappa shape index (κ1) is 16.1. The summed E-state index contributed by atoms with van der Waals surface area (Å²) in [4.78, 5) is 26.4. The number of nitrogens with zero attached hydrogens (tertiary/aromatic N) is 1. The molecular formula is C17H18N2O5. The lowest BCUT2D eigenvalue weighted by atomic mass is 10.1. The molecule has 0 unspecified atom stereocenters. The fraction of sp³-hybridized carbons (Fsp3) is 0.294. The summed E-state index contributed by atoms with van der Waals surface area (Å²) in [7, 11) is 1.31. The Morgan fingerprint density at radius 1 is 1.21 bits per heavy atom. The quantitative estimate of drug-likeness (QED) is 0.865. The van der Waals surface area contributed by atoms with E-state index in [1.54, 1.807) is 24.3 Å². The molecule has 7 nitrogen and oxygen atoms in total. The number of anilines is 2. The average molecular weight is 330 g/mol. The second-order valence-corrected chi connectivity index (χ2v) is 5.25. The van der Waals surface area contributed by atoms with Crippen LogP contribution in [-0.2, 0) is 9.47 Å². The Bertz CT molecular complexity index is 721. The summed E-state index contributed by atoms with van der Waals surface area (Å²) in [5.74, 6) is -0.771. The highest BCUT2D eigenvalue weighted by Crippen LogP contribution is 2.25. The zero-order chi connectivity index (χ0) is 16.9. The number of carbonyl (C=O) groups excluding carboxylic acids is 2. The van der Waals surface area contributed by atoms with Crippen LogP contribution in [0.2, 0.25) is 0 Å². The monoisotopic (exact) mass is 330 g/mol. The highest BCUT2D eigenvalue weighted by Gasteiger charge is 2.19. The molecule has 0 aliphatic carbocycles. The van der Waals surface area contributed by atoms with Crippen molar-refractivity contribution in [3.05, 3.63) is 47.9 Å². The van der Waals surface area contributed by atoms with E-state index < -0.39 is 11.9 Å². The molecule has 1 fully saturated rings. The third-order valence-corrected chi connectivity index (χ3v) is 3.78. The molecule has 0 bridgehead atoms. The number of nitrogens with one attached hydrogen (secondary N) is 1. The van der Waals surface area contributed by atoms with Crippen LogP contribution in [-0.4, -0.2) is 45.3 Å². The number of ether oxygens (including phenoxy) is 2. The van der Waals surface area contributed by atoms with Crippen LogP contribution in [0.1, 0.15) is 20.9 Å². The highest BCUT2D eigenvalue weighted by atomic mass is 16.5. The predicted molar refractivity (Wildman–Crippen MR) is 87.5 cm³/mol. The maximum atomic E-state index is 12.1. The van der Waals surface area contributed by atoms with Crippen LogP contribution < -0.4 is 10.2 Å². The summed E-state index contributed by atoms with van der Waals surface area (Å²) in [6.07, 6.45) is 1.41. The molecule has 1 N–H and O–H groups in total. The summed E-state index contributed by atoms with van der Waals surface area (Å²) in [5.41, 5.74) is 1.55. The van der Waals surface area contributed by atoms with Gasteiger partial charge in [0, 0.05) is 18.8 Å². The maximum Gasteiger partial charge on any atom is 0.340 e. The van der Waals surface area contributed by atoms with Crippen molar-refractivity contribution >= 4 is 23.3 Å². The van der Waals surface area contributed by atoms with Crippen molar-refractivity contribution < 1.29 is 23.5 Å². The lowest BCUT2D eigenvalue weighted by Crippen LogP contribution is -2.36. The summed E-state index contributed by atoms with van der Waals surface area (Å²) < 4.78 is 15.2. The smallest absolute Gasteiger partial charge is 0.340 e. The van der Waals surface area contributed by atoms with Gasteiger partial charge in [0.05, 0.1) is 37.8 Å². The van der Waals surface area contributed by atoms with E-state index in [4.69, 9.17) is 13.9 Å². The predicted octanol–water partition coefficient (Wildman–Crippen LogP) is 2.16. The van der Waals surface area contributed by atoms with E-state index in [0.717, 1.165) is 18.8 Å². The molecule has 1 aliphatic heterocycles. The second kappa shape index (κ2) is 7.18. The summed E-state index contributed by atoms with van der Waals surface area (Å²) in [6.45, 7) is 2.78. The van der Waals surface area contributed by atoms with Crippen LogP contribution in [0.5, 0.6) is 0 Å². The van der Waals surface area contributed by atoms with Gasteiger partial charge in [-0.15, -0.1) is 0 Å². The van der Waals surface area contributed by atoms with E-state index >= 15 is 0 Å². The Hall–Kier alpha value is -2.80. The van der Waals surface area contributed by atoms with Gasteiger partial charge in [-0.25, -0.2) is 4.79 Å². The molecule has 24 heavy (non-hydrogen) atoms. The molecule has 1 aliphatic rings. The number of hydrogen-bond donors (Lipinski definition) is 1. The van der Waals surface area contributed by atoms with Crippen molar-refractivity contribution in [2.45, 2.75) is 0 Å². The first-order valence-corrected chi connectivity index (χ1v) is 7.59. The molecule has 0 spiro atoms. The topological polar surface area (TPSA) is 81.0 Å². The van der Waals surface area contributed by atoms with Crippen LogP contribution in [0.15, 0.2) is 41.0 Å². The SMILES string of the molecule is COC(=O)c1cc(N2CCOCC2)ccc1NC(=O)c1ccco1. The number of methoxy groups -OCH3 is 1. The maximum absolute atomic E-state index is 12.1. The molecule has 0 atom stereocenters. The van der Waals surface area contributed by atoms with Gasteiger partial charge in [-0.1, -0.05) is 0 Å². The van der Waals surface area contributed by atoms with Crippen molar-refractivity contribution in [2.24, 2.45) is 0 Å². The van der Waals surface area contributed by atoms with E-state index in [1.165, 1.54) is 13.4 Å². The molecule has 1 saturated heterocycles. The number of rotatable bonds is 4. The number of morpholine rings is 1. The number of furan rings is 1. The number of benzene rings is 1. The van der Waals surface area contributed by atoms with Gasteiger partial charge >= 0.3 is 5.97 Å². The zero-order valence-corrected chi connectivity index (χ0v) is 13.3. The minimum atomic E-state index is -0.514. The number of esters is 1. The summed E-state index contributed by atoms with van der Waals surface area (Å²) in [5, 5.41) is 2.68. The van der Waals surface area contributed by atoms with Crippen LogP contribution >= 0.6 is 0 Å². The summed E-state index contributed by atoms with van der Waals surface area (Å²) in [6, 6.07) is 8.44. The van der Waals surface area contributed by atoms with E-state index in [-0.39, 0.29) is 5.76 Å². The molecule has 2 heterocycles. The Balaban J connectivity index is 1.87. The van der Waals surface area contributed by atoms with Crippen molar-refractivity contribution in [1.82, 2.24) is 0 Å². The van der Waals surface area contributed by atoms with Crippen molar-refractivity contribution in [3.8, 4) is 0 Å². The molecule has 3 rings (SSSR count). The molecule has 126 valence electrons. The second-order valence-electron chi connectivity index (χ2n) is 5.25. The fourth-order valence-corrected chi connectivity index (χ4v) is 2.53. The van der Waals surface area contributed by atoms with Gasteiger partial charge in [-0.3, -0.25) is 4.79 Å². The number of amides is 1. The average Bonchev–Trinajstić information content (AvgIpc) is 3.17. The third kappa shape index (κ3) is 3.41. The van der Waals surface area contributed by atoms with Crippen LogP contribution in [0.3, 0.4) is 0 Å². The highest BCUT2D eigenvalue weighted by molar-refractivity contribution is 6.07. The van der Waals surface area contributed by atoms with Crippen molar-refractivity contribution in [1.29, 1.82) is 0 Å². The largest absolute Gasteiger partial charge is 0.465 e. The van der Waals surface area contributed by atoms with Crippen molar-refractivity contribution in [2.75, 3.05) is 43.6 Å². The van der Waals surface area contributed by atoms with E-state index in [1.807, 2.05) is 6.07 Å². The van der Waals surface area contributed by atoms with Gasteiger partial charge in [-0.05, 0) is 30.3 Å². The molecule has 7 heteroatoms. The van der Waals surface area contributed by atoms with E-state index in [2.05, 4.69) is 10.2 Å². The molecule has 1 aromatic heterocycles. The number of hydrogen-bond acceptors (Lipinski definition) is 6. The molecule has 2 aromatic rings. The number of carbonyl (C=O) groups is 2. The van der Waals surface area contributed by atoms with Gasteiger partial charge in [0.1, 0.15) is 0 Å². The van der Waals surface area contributed by atoms with Gasteiger partial charge in [0.15, 0.2) is 5.76 Å². The van der Waals surface area contributed by atoms with E-state index in [0.29, 0.717) is 24.5 Å². The fourth-order valence-electron chi connectivity index (χ4n) is 2.53. The van der Waals surface area contributed by atoms with Crippen LogP contribution in [0.25, 0.3) is 0 Å². The van der Waals surface area contributed by atoms with Gasteiger partial charge < -0.3 is 24.1 Å². The first-order chi connectivity index (χ1) is 11.7. The third-order valence-electron chi connectivity index (χ3n) is 3.78. The van der Waals surface area contributed by atoms with Crippen LogP contribution in [0, 0.1) is 0 Å². The Morgan fingerprint density at radius 3 is 2.67 bits per heavy atom. The molecule has 1 aromatic carbocycles. The minimum absolute atomic E-state index is 0.170.